The van der Waals surface area contributed by atoms with Crippen molar-refractivity contribution in [3.63, 3.8) is 0 Å². The molecular formula is C17H27N5O2. The van der Waals surface area contributed by atoms with Crippen LogP contribution in [0.25, 0.3) is 0 Å². The van der Waals surface area contributed by atoms with Gasteiger partial charge in [-0.05, 0) is 38.8 Å². The molecule has 2 aliphatic heterocycles. The molecular weight excluding hydrogens is 306 g/mol. The van der Waals surface area contributed by atoms with Gasteiger partial charge in [-0.1, -0.05) is 12.8 Å². The second-order valence-corrected chi connectivity index (χ2v) is 6.67. The SMILES string of the molecule is O=C(Cc1n[nH]c(=O)c2c1NCCC2)NCCN1CCCCCC1. The van der Waals surface area contributed by atoms with E-state index in [-0.39, 0.29) is 17.9 Å². The molecule has 24 heavy (non-hydrogen) atoms. The number of nitrogens with zero attached hydrogens (tertiary/aromatic N) is 2. The molecule has 1 aromatic rings. The molecule has 7 heteroatoms. The summed E-state index contributed by atoms with van der Waals surface area (Å²) >= 11 is 0. The van der Waals surface area contributed by atoms with Crippen molar-refractivity contribution >= 4 is 11.6 Å². The number of H-pyrrole nitrogens is 1. The third-order valence-corrected chi connectivity index (χ3v) is 4.84. The second kappa shape index (κ2) is 8.28. The lowest BCUT2D eigenvalue weighted by Crippen LogP contribution is -2.36. The molecule has 1 fully saturated rings. The number of rotatable bonds is 5. The smallest absolute Gasteiger partial charge is 0.269 e. The Morgan fingerprint density at radius 3 is 2.75 bits per heavy atom. The summed E-state index contributed by atoms with van der Waals surface area (Å²) in [5, 5.41) is 12.8. The molecule has 132 valence electrons. The lowest BCUT2D eigenvalue weighted by Gasteiger charge is -2.20. The number of carbonyl (C=O) groups excluding carboxylic acids is 1. The zero-order valence-electron chi connectivity index (χ0n) is 14.2. The van der Waals surface area contributed by atoms with Gasteiger partial charge in [0.25, 0.3) is 5.56 Å². The summed E-state index contributed by atoms with van der Waals surface area (Å²) in [5.74, 6) is -0.0426. The molecule has 3 N–H and O–H groups in total. The topological polar surface area (TPSA) is 90.1 Å². The molecule has 7 nitrogen and oxygen atoms in total. The fourth-order valence-corrected chi connectivity index (χ4v) is 3.51. The standard InChI is InChI=1S/C17H27N5O2/c23-15(18-8-11-22-9-3-1-2-4-10-22)12-14-16-13(6-5-7-19-16)17(24)21-20-14/h19H,1-12H2,(H,18,23)(H,21,24). The summed E-state index contributed by atoms with van der Waals surface area (Å²) in [6, 6.07) is 0. The van der Waals surface area contributed by atoms with Crippen LogP contribution in [0.5, 0.6) is 0 Å². The first-order valence-corrected chi connectivity index (χ1v) is 9.07. The maximum absolute atomic E-state index is 12.2. The molecule has 2 aliphatic rings. The summed E-state index contributed by atoms with van der Waals surface area (Å²) in [7, 11) is 0. The average molecular weight is 333 g/mol. The molecule has 1 aromatic heterocycles. The monoisotopic (exact) mass is 333 g/mol. The van der Waals surface area contributed by atoms with Crippen LogP contribution in [0.3, 0.4) is 0 Å². The summed E-state index contributed by atoms with van der Waals surface area (Å²) in [5.41, 5.74) is 1.97. The van der Waals surface area contributed by atoms with Crippen molar-refractivity contribution in [1.29, 1.82) is 0 Å². The van der Waals surface area contributed by atoms with Gasteiger partial charge in [0.1, 0.15) is 0 Å². The molecule has 0 saturated carbocycles. The fraction of sp³-hybridized carbons (Fsp3) is 0.706. The van der Waals surface area contributed by atoms with Crippen molar-refractivity contribution in [1.82, 2.24) is 20.4 Å². The number of hydrogen-bond acceptors (Lipinski definition) is 5. The van der Waals surface area contributed by atoms with E-state index >= 15 is 0 Å². The molecule has 1 saturated heterocycles. The van der Waals surface area contributed by atoms with Gasteiger partial charge in [-0.3, -0.25) is 9.59 Å². The van der Waals surface area contributed by atoms with Crippen LogP contribution in [-0.4, -0.2) is 53.7 Å². The summed E-state index contributed by atoms with van der Waals surface area (Å²) in [4.78, 5) is 26.4. The van der Waals surface area contributed by atoms with Crippen LogP contribution in [0, 0.1) is 0 Å². The molecule has 3 rings (SSSR count). The van der Waals surface area contributed by atoms with Gasteiger partial charge >= 0.3 is 0 Å². The van der Waals surface area contributed by atoms with Crippen molar-refractivity contribution < 1.29 is 4.79 Å². The third kappa shape index (κ3) is 4.35. The van der Waals surface area contributed by atoms with Crippen LogP contribution in [0.2, 0.25) is 0 Å². The summed E-state index contributed by atoms with van der Waals surface area (Å²) < 4.78 is 0. The average Bonchev–Trinajstić information content (AvgIpc) is 2.87. The van der Waals surface area contributed by atoms with E-state index in [1.807, 2.05) is 0 Å². The van der Waals surface area contributed by atoms with Gasteiger partial charge < -0.3 is 15.5 Å². The van der Waals surface area contributed by atoms with Crippen molar-refractivity contribution in [3.05, 3.63) is 21.6 Å². The molecule has 0 radical (unpaired) electrons. The minimum atomic E-state index is -0.150. The number of carbonyl (C=O) groups is 1. The molecule has 1 amide bonds. The Labute approximate surface area is 142 Å². The highest BCUT2D eigenvalue weighted by atomic mass is 16.1. The first-order valence-electron chi connectivity index (χ1n) is 9.07. The van der Waals surface area contributed by atoms with Gasteiger partial charge in [-0.2, -0.15) is 5.10 Å². The molecule has 0 atom stereocenters. The van der Waals surface area contributed by atoms with Crippen LogP contribution in [0.15, 0.2) is 4.79 Å². The summed E-state index contributed by atoms with van der Waals surface area (Å²) in [6.45, 7) is 4.66. The number of amides is 1. The number of fused-ring (bicyclic) bond motifs is 1. The Bertz CT molecular complexity index is 620. The maximum Gasteiger partial charge on any atom is 0.269 e. The molecule has 0 unspecified atom stereocenters. The second-order valence-electron chi connectivity index (χ2n) is 6.67. The van der Waals surface area contributed by atoms with E-state index in [0.717, 1.165) is 50.3 Å². The van der Waals surface area contributed by atoms with Crippen molar-refractivity contribution in [3.8, 4) is 0 Å². The van der Waals surface area contributed by atoms with Crippen LogP contribution in [-0.2, 0) is 17.6 Å². The number of hydrogen-bond donors (Lipinski definition) is 3. The van der Waals surface area contributed by atoms with Gasteiger partial charge in [0, 0.05) is 25.2 Å². The van der Waals surface area contributed by atoms with E-state index in [4.69, 9.17) is 0 Å². The van der Waals surface area contributed by atoms with Gasteiger partial charge in [-0.15, -0.1) is 0 Å². The van der Waals surface area contributed by atoms with Crippen molar-refractivity contribution in [2.24, 2.45) is 0 Å². The van der Waals surface area contributed by atoms with E-state index in [0.29, 0.717) is 12.2 Å². The van der Waals surface area contributed by atoms with Gasteiger partial charge in [-0.25, -0.2) is 5.10 Å². The number of nitrogens with one attached hydrogen (secondary N) is 3. The van der Waals surface area contributed by atoms with Crippen LogP contribution in [0.4, 0.5) is 5.69 Å². The maximum atomic E-state index is 12.2. The largest absolute Gasteiger partial charge is 0.383 e. The van der Waals surface area contributed by atoms with Crippen molar-refractivity contribution in [2.75, 3.05) is 38.0 Å². The molecule has 3 heterocycles. The van der Waals surface area contributed by atoms with Gasteiger partial charge in [0.15, 0.2) is 0 Å². The summed E-state index contributed by atoms with van der Waals surface area (Å²) in [6.07, 6.45) is 7.02. The first kappa shape index (κ1) is 17.0. The van der Waals surface area contributed by atoms with Gasteiger partial charge in [0.05, 0.1) is 17.8 Å². The Morgan fingerprint density at radius 2 is 1.96 bits per heavy atom. The van der Waals surface area contributed by atoms with E-state index in [9.17, 15) is 9.59 Å². The Hall–Kier alpha value is -1.89. The number of aromatic amines is 1. The Balaban J connectivity index is 1.51. The Morgan fingerprint density at radius 1 is 1.17 bits per heavy atom. The highest BCUT2D eigenvalue weighted by Gasteiger charge is 2.19. The van der Waals surface area contributed by atoms with E-state index in [1.54, 1.807) is 0 Å². The highest BCUT2D eigenvalue weighted by molar-refractivity contribution is 5.80. The lowest BCUT2D eigenvalue weighted by atomic mass is 10.0. The van der Waals surface area contributed by atoms with Gasteiger partial charge in [0.2, 0.25) is 5.91 Å². The first-order chi connectivity index (χ1) is 11.7. The molecule has 0 aliphatic carbocycles. The fourth-order valence-electron chi connectivity index (χ4n) is 3.51. The number of anilines is 1. The third-order valence-electron chi connectivity index (χ3n) is 4.84. The number of likely N-dealkylation sites (tertiary alicyclic amines) is 1. The zero-order valence-corrected chi connectivity index (χ0v) is 14.2. The Kier molecular flexibility index (Phi) is 5.85. The molecule has 0 spiro atoms. The molecule has 0 bridgehead atoms. The van der Waals surface area contributed by atoms with E-state index in [2.05, 4.69) is 25.7 Å². The normalized spacial score (nSPS) is 18.3. The predicted octanol–water partition coefficient (Wildman–Crippen LogP) is 0.663. The quantitative estimate of drug-likeness (QED) is 0.737. The number of aromatic nitrogens is 2. The van der Waals surface area contributed by atoms with Crippen molar-refractivity contribution in [2.45, 2.75) is 44.9 Å². The minimum Gasteiger partial charge on any atom is -0.383 e. The van der Waals surface area contributed by atoms with Crippen LogP contribution >= 0.6 is 0 Å². The van der Waals surface area contributed by atoms with E-state index < -0.39 is 0 Å². The lowest BCUT2D eigenvalue weighted by molar-refractivity contribution is -0.120. The van der Waals surface area contributed by atoms with Crippen LogP contribution < -0.4 is 16.2 Å². The predicted molar refractivity (Wildman–Crippen MR) is 93.3 cm³/mol. The minimum absolute atomic E-state index is 0.0426. The molecule has 0 aromatic carbocycles. The highest BCUT2D eigenvalue weighted by Crippen LogP contribution is 2.21. The van der Waals surface area contributed by atoms with Crippen LogP contribution in [0.1, 0.15) is 43.4 Å². The zero-order chi connectivity index (χ0) is 16.8. The van der Waals surface area contributed by atoms with E-state index in [1.165, 1.54) is 25.7 Å².